The zero-order chi connectivity index (χ0) is 12.0. The molecule has 0 radical (unpaired) electrons. The highest BCUT2D eigenvalue weighted by molar-refractivity contribution is 7.22. The molecule has 86 valence electrons. The van der Waals surface area contributed by atoms with E-state index in [2.05, 4.69) is 23.0 Å². The molecule has 3 rings (SSSR count). The van der Waals surface area contributed by atoms with Crippen molar-refractivity contribution in [2.75, 3.05) is 5.73 Å². The lowest BCUT2D eigenvalue weighted by molar-refractivity contribution is 0.455. The number of anilines is 1. The molecule has 0 fully saturated rings. The van der Waals surface area contributed by atoms with Crippen molar-refractivity contribution >= 4 is 26.7 Å². The van der Waals surface area contributed by atoms with E-state index >= 15 is 0 Å². The first kappa shape index (κ1) is 10.6. The number of hydrogen-bond donors (Lipinski definition) is 2. The van der Waals surface area contributed by atoms with Gasteiger partial charge < -0.3 is 11.5 Å². The van der Waals surface area contributed by atoms with Gasteiger partial charge in [0.25, 0.3) is 0 Å². The number of aryl methyl sites for hydroxylation is 1. The number of fused-ring (bicyclic) bond motifs is 2. The number of nitrogens with zero attached hydrogens (tertiary/aromatic N) is 1. The first-order chi connectivity index (χ1) is 8.12. The Balaban J connectivity index is 2.21. The molecule has 1 heterocycles. The maximum atomic E-state index is 6.38. The molecule has 1 aliphatic rings. The van der Waals surface area contributed by atoms with Gasteiger partial charge in [-0.3, -0.25) is 0 Å². The summed E-state index contributed by atoms with van der Waals surface area (Å²) < 4.78 is 1.13. The lowest BCUT2D eigenvalue weighted by atomic mass is 9.90. The Morgan fingerprint density at radius 2 is 2.35 bits per heavy atom. The minimum absolute atomic E-state index is 0.378. The number of benzene rings is 1. The van der Waals surface area contributed by atoms with E-state index in [1.807, 2.05) is 0 Å². The van der Waals surface area contributed by atoms with Crippen molar-refractivity contribution in [3.8, 4) is 12.3 Å². The van der Waals surface area contributed by atoms with Crippen LogP contribution < -0.4 is 11.5 Å². The van der Waals surface area contributed by atoms with Crippen LogP contribution in [0.25, 0.3) is 10.2 Å². The summed E-state index contributed by atoms with van der Waals surface area (Å²) in [5.74, 6) is 2.68. The van der Waals surface area contributed by atoms with Crippen LogP contribution in [0, 0.1) is 12.3 Å². The van der Waals surface area contributed by atoms with Gasteiger partial charge in [0.2, 0.25) is 0 Å². The summed E-state index contributed by atoms with van der Waals surface area (Å²) in [6.45, 7) is 0. The number of rotatable bonds is 1. The minimum Gasteiger partial charge on any atom is -0.375 e. The Labute approximate surface area is 104 Å². The summed E-state index contributed by atoms with van der Waals surface area (Å²) in [4.78, 5) is 4.31. The number of aromatic nitrogens is 1. The molecule has 2 aromatic rings. The van der Waals surface area contributed by atoms with E-state index in [4.69, 9.17) is 17.9 Å². The second kappa shape index (κ2) is 3.46. The average Bonchev–Trinajstić information content (AvgIpc) is 2.77. The molecule has 1 aliphatic carbocycles. The van der Waals surface area contributed by atoms with E-state index in [0.29, 0.717) is 11.6 Å². The summed E-state index contributed by atoms with van der Waals surface area (Å²) in [6.07, 6.45) is 7.88. The molecule has 0 saturated heterocycles. The van der Waals surface area contributed by atoms with Crippen molar-refractivity contribution < 1.29 is 0 Å². The van der Waals surface area contributed by atoms with Crippen LogP contribution in [0.2, 0.25) is 0 Å². The monoisotopic (exact) mass is 243 g/mol. The zero-order valence-electron chi connectivity index (χ0n) is 9.36. The van der Waals surface area contributed by atoms with Gasteiger partial charge in [-0.2, -0.15) is 0 Å². The van der Waals surface area contributed by atoms with Gasteiger partial charge in [-0.1, -0.05) is 11.3 Å². The molecule has 0 amide bonds. The van der Waals surface area contributed by atoms with Gasteiger partial charge in [0.1, 0.15) is 0 Å². The highest BCUT2D eigenvalue weighted by Crippen LogP contribution is 2.40. The molecule has 1 aromatic heterocycles. The quantitative estimate of drug-likeness (QED) is 0.753. The topological polar surface area (TPSA) is 64.9 Å². The molecule has 3 nitrogen and oxygen atoms in total. The van der Waals surface area contributed by atoms with Crippen LogP contribution in [0.1, 0.15) is 24.0 Å². The van der Waals surface area contributed by atoms with Crippen molar-refractivity contribution in [1.82, 2.24) is 4.98 Å². The second-order valence-electron chi connectivity index (χ2n) is 4.57. The second-order valence-corrected chi connectivity index (χ2v) is 5.63. The molecule has 1 unspecified atom stereocenters. The summed E-state index contributed by atoms with van der Waals surface area (Å²) >= 11 is 1.52. The Hall–Kier alpha value is -1.57. The predicted octanol–water partition coefficient (Wildman–Crippen LogP) is 2.00. The van der Waals surface area contributed by atoms with Crippen LogP contribution in [-0.2, 0) is 12.0 Å². The zero-order valence-corrected chi connectivity index (χ0v) is 10.2. The molecule has 4 N–H and O–H groups in total. The normalized spacial score (nSPS) is 22.6. The molecular weight excluding hydrogens is 230 g/mol. The minimum atomic E-state index is -0.378. The van der Waals surface area contributed by atoms with E-state index < -0.39 is 0 Å². The SMILES string of the molecule is C#CCC1(N)CCc2cc3sc(N)nc3cc21. The van der Waals surface area contributed by atoms with Crippen LogP contribution in [0.3, 0.4) is 0 Å². The van der Waals surface area contributed by atoms with Crippen LogP contribution in [0.5, 0.6) is 0 Å². The molecular formula is C13H13N3S. The van der Waals surface area contributed by atoms with Crippen molar-refractivity contribution in [3.05, 3.63) is 23.3 Å². The molecule has 0 bridgehead atoms. The fourth-order valence-corrected chi connectivity index (χ4v) is 3.34. The van der Waals surface area contributed by atoms with Gasteiger partial charge in [-0.05, 0) is 36.1 Å². The largest absolute Gasteiger partial charge is 0.375 e. The van der Waals surface area contributed by atoms with Gasteiger partial charge in [0.15, 0.2) is 5.13 Å². The van der Waals surface area contributed by atoms with Gasteiger partial charge in [0, 0.05) is 6.42 Å². The van der Waals surface area contributed by atoms with Gasteiger partial charge in [-0.15, -0.1) is 12.3 Å². The Kier molecular flexibility index (Phi) is 2.15. The van der Waals surface area contributed by atoms with Gasteiger partial charge >= 0.3 is 0 Å². The number of nitrogen functional groups attached to an aromatic ring is 1. The highest BCUT2D eigenvalue weighted by Gasteiger charge is 2.34. The summed E-state index contributed by atoms with van der Waals surface area (Å²) in [6, 6.07) is 4.21. The highest BCUT2D eigenvalue weighted by atomic mass is 32.1. The standard InChI is InChI=1S/C13H13N3S/c1-2-4-13(15)5-3-8-6-11-10(7-9(8)13)16-12(14)17-11/h1,6-7H,3-5,15H2,(H2,14,16). The molecule has 0 spiro atoms. The maximum Gasteiger partial charge on any atom is 0.181 e. The van der Waals surface area contributed by atoms with E-state index in [0.717, 1.165) is 28.6 Å². The van der Waals surface area contributed by atoms with Crippen molar-refractivity contribution in [2.24, 2.45) is 5.73 Å². The van der Waals surface area contributed by atoms with Gasteiger partial charge in [-0.25, -0.2) is 4.98 Å². The fraction of sp³-hybridized carbons (Fsp3) is 0.308. The maximum absolute atomic E-state index is 6.38. The Morgan fingerprint density at radius 1 is 1.53 bits per heavy atom. The van der Waals surface area contributed by atoms with Crippen LogP contribution >= 0.6 is 11.3 Å². The average molecular weight is 243 g/mol. The molecule has 0 saturated carbocycles. The lowest BCUT2D eigenvalue weighted by Gasteiger charge is -2.22. The number of thiazole rings is 1. The van der Waals surface area contributed by atoms with Crippen molar-refractivity contribution in [1.29, 1.82) is 0 Å². The first-order valence-electron chi connectivity index (χ1n) is 5.54. The van der Waals surface area contributed by atoms with Crippen LogP contribution in [0.4, 0.5) is 5.13 Å². The number of terminal acetylenes is 1. The van der Waals surface area contributed by atoms with Gasteiger partial charge in [0.05, 0.1) is 15.8 Å². The number of hydrogen-bond acceptors (Lipinski definition) is 4. The molecule has 4 heteroatoms. The third kappa shape index (κ3) is 1.51. The first-order valence-corrected chi connectivity index (χ1v) is 6.36. The van der Waals surface area contributed by atoms with Crippen molar-refractivity contribution in [2.45, 2.75) is 24.8 Å². The Morgan fingerprint density at radius 3 is 3.12 bits per heavy atom. The fourth-order valence-electron chi connectivity index (χ4n) is 2.56. The van der Waals surface area contributed by atoms with E-state index in [-0.39, 0.29) is 5.54 Å². The van der Waals surface area contributed by atoms with E-state index in [1.54, 1.807) is 0 Å². The van der Waals surface area contributed by atoms with Crippen LogP contribution in [0.15, 0.2) is 12.1 Å². The summed E-state index contributed by atoms with van der Waals surface area (Å²) in [5, 5.41) is 0.600. The summed E-state index contributed by atoms with van der Waals surface area (Å²) in [7, 11) is 0. The summed E-state index contributed by atoms with van der Waals surface area (Å²) in [5.41, 5.74) is 15.1. The third-order valence-corrected chi connectivity index (χ3v) is 4.27. The smallest absolute Gasteiger partial charge is 0.181 e. The molecule has 1 atom stereocenters. The van der Waals surface area contributed by atoms with E-state index in [9.17, 15) is 0 Å². The van der Waals surface area contributed by atoms with E-state index in [1.165, 1.54) is 16.9 Å². The lowest BCUT2D eigenvalue weighted by Crippen LogP contribution is -2.33. The third-order valence-electron chi connectivity index (χ3n) is 3.42. The van der Waals surface area contributed by atoms with Crippen molar-refractivity contribution in [3.63, 3.8) is 0 Å². The molecule has 17 heavy (non-hydrogen) atoms. The number of nitrogens with two attached hydrogens (primary N) is 2. The Bertz CT molecular complexity index is 638. The molecule has 1 aromatic carbocycles. The predicted molar refractivity (Wildman–Crippen MR) is 71.7 cm³/mol. The molecule has 0 aliphatic heterocycles. The van der Waals surface area contributed by atoms with Crippen LogP contribution in [-0.4, -0.2) is 4.98 Å².